The predicted molar refractivity (Wildman–Crippen MR) is 87.7 cm³/mol. The summed E-state index contributed by atoms with van der Waals surface area (Å²) in [5, 5.41) is 0. The van der Waals surface area contributed by atoms with Gasteiger partial charge in [-0.1, -0.05) is 45.3 Å². The second-order valence-electron chi connectivity index (χ2n) is 7.52. The number of alkyl halides is 2. The molecule has 0 spiro atoms. The molecule has 1 fully saturated rings. The van der Waals surface area contributed by atoms with Crippen LogP contribution in [0.5, 0.6) is 0 Å². The summed E-state index contributed by atoms with van der Waals surface area (Å²) < 4.78 is 27.1. The molecule has 1 saturated carbocycles. The first-order chi connectivity index (χ1) is 9.65. The molecular weight excluding hydrogens is 266 g/mol. The minimum absolute atomic E-state index is 0.0729. The maximum absolute atomic E-state index is 13.6. The van der Waals surface area contributed by atoms with E-state index in [1.807, 2.05) is 0 Å². The lowest BCUT2D eigenvalue weighted by Crippen LogP contribution is -2.43. The van der Waals surface area contributed by atoms with Crippen LogP contribution in [0.3, 0.4) is 0 Å². The summed E-state index contributed by atoms with van der Waals surface area (Å²) in [6.07, 6.45) is 6.44. The van der Waals surface area contributed by atoms with Crippen LogP contribution in [0, 0.1) is 17.3 Å². The molecule has 0 bridgehead atoms. The summed E-state index contributed by atoms with van der Waals surface area (Å²) in [5.74, 6) is -1.66. The van der Waals surface area contributed by atoms with Gasteiger partial charge in [-0.05, 0) is 63.2 Å². The van der Waals surface area contributed by atoms with Gasteiger partial charge in [0.15, 0.2) is 0 Å². The van der Waals surface area contributed by atoms with Gasteiger partial charge in [-0.15, -0.1) is 0 Å². The fourth-order valence-electron chi connectivity index (χ4n) is 4.08. The molecule has 0 N–H and O–H groups in total. The summed E-state index contributed by atoms with van der Waals surface area (Å²) in [5.41, 5.74) is 2.91. The zero-order valence-electron chi connectivity index (χ0n) is 14.9. The second-order valence-corrected chi connectivity index (χ2v) is 7.52. The zero-order valence-corrected chi connectivity index (χ0v) is 14.9. The van der Waals surface area contributed by atoms with Gasteiger partial charge < -0.3 is 0 Å². The summed E-state index contributed by atoms with van der Waals surface area (Å²) in [6.45, 7) is 12.2. The Morgan fingerprint density at radius 3 is 2.05 bits per heavy atom. The minimum atomic E-state index is -2.53. The van der Waals surface area contributed by atoms with Gasteiger partial charge in [0, 0.05) is 6.42 Å². The van der Waals surface area contributed by atoms with E-state index < -0.39 is 5.92 Å². The van der Waals surface area contributed by atoms with Crippen LogP contribution in [0.2, 0.25) is 0 Å². The highest BCUT2D eigenvalue weighted by atomic mass is 19.3. The molecule has 1 aliphatic rings. The van der Waals surface area contributed by atoms with Crippen LogP contribution in [0.15, 0.2) is 11.1 Å². The average Bonchev–Trinajstić information content (AvgIpc) is 2.37. The summed E-state index contributed by atoms with van der Waals surface area (Å²) in [4.78, 5) is 0. The maximum atomic E-state index is 13.6. The highest BCUT2D eigenvalue weighted by Crippen LogP contribution is 2.55. The van der Waals surface area contributed by atoms with Gasteiger partial charge in [-0.3, -0.25) is 0 Å². The van der Waals surface area contributed by atoms with Crippen molar-refractivity contribution >= 4 is 0 Å². The highest BCUT2D eigenvalue weighted by molar-refractivity contribution is 5.12. The average molecular weight is 300 g/mol. The van der Waals surface area contributed by atoms with Crippen LogP contribution < -0.4 is 0 Å². The Morgan fingerprint density at radius 1 is 1.14 bits per heavy atom. The summed E-state index contributed by atoms with van der Waals surface area (Å²) >= 11 is 0. The molecule has 124 valence electrons. The second kappa shape index (κ2) is 7.24. The predicted octanol–water partition coefficient (Wildman–Crippen LogP) is 7.00. The third-order valence-electron chi connectivity index (χ3n) is 5.96. The van der Waals surface area contributed by atoms with E-state index in [1.54, 1.807) is 0 Å². The normalized spacial score (nSPS) is 22.3. The van der Waals surface area contributed by atoms with Gasteiger partial charge in [0.1, 0.15) is 0 Å². The van der Waals surface area contributed by atoms with Gasteiger partial charge in [-0.25, -0.2) is 8.78 Å². The van der Waals surface area contributed by atoms with Crippen molar-refractivity contribution in [2.75, 3.05) is 0 Å². The Kier molecular flexibility index (Phi) is 6.43. The first kappa shape index (κ1) is 18.6. The summed E-state index contributed by atoms with van der Waals surface area (Å²) in [6, 6.07) is 0. The standard InChI is InChI=1S/C19H34F2/c1-7-14(3)17(8-2)12-15(4)16(5)19(10-9-11-19)13-18(6,20)21/h15-16H,7-13H2,1-6H3/b17-14+. The van der Waals surface area contributed by atoms with Crippen LogP contribution in [-0.2, 0) is 0 Å². The third kappa shape index (κ3) is 4.79. The molecule has 0 radical (unpaired) electrons. The molecule has 0 aromatic carbocycles. The Morgan fingerprint density at radius 2 is 1.71 bits per heavy atom. The smallest absolute Gasteiger partial charge is 0.207 e. The minimum Gasteiger partial charge on any atom is -0.207 e. The van der Waals surface area contributed by atoms with Gasteiger partial charge >= 0.3 is 0 Å². The fraction of sp³-hybridized carbons (Fsp3) is 0.895. The van der Waals surface area contributed by atoms with E-state index in [1.165, 1.54) is 11.1 Å². The van der Waals surface area contributed by atoms with E-state index in [9.17, 15) is 8.78 Å². The van der Waals surface area contributed by atoms with E-state index >= 15 is 0 Å². The number of rotatable bonds is 8. The third-order valence-corrected chi connectivity index (χ3v) is 5.96. The van der Waals surface area contributed by atoms with Crippen LogP contribution >= 0.6 is 0 Å². The van der Waals surface area contributed by atoms with Gasteiger partial charge in [0.25, 0.3) is 0 Å². The van der Waals surface area contributed by atoms with E-state index in [0.717, 1.165) is 45.4 Å². The lowest BCUT2D eigenvalue weighted by molar-refractivity contribution is -0.0878. The Labute approximate surface area is 130 Å². The largest absolute Gasteiger partial charge is 0.245 e. The van der Waals surface area contributed by atoms with Crippen LogP contribution in [-0.4, -0.2) is 5.92 Å². The van der Waals surface area contributed by atoms with Crippen molar-refractivity contribution in [2.45, 2.75) is 92.4 Å². The molecule has 0 aromatic heterocycles. The van der Waals surface area contributed by atoms with E-state index in [-0.39, 0.29) is 11.8 Å². The molecule has 2 atom stereocenters. The van der Waals surface area contributed by atoms with Crippen molar-refractivity contribution in [1.82, 2.24) is 0 Å². The number of halogens is 2. The molecule has 2 unspecified atom stereocenters. The molecule has 21 heavy (non-hydrogen) atoms. The van der Waals surface area contributed by atoms with Crippen molar-refractivity contribution in [3.8, 4) is 0 Å². The lowest BCUT2D eigenvalue weighted by Gasteiger charge is -2.50. The van der Waals surface area contributed by atoms with Crippen molar-refractivity contribution in [1.29, 1.82) is 0 Å². The van der Waals surface area contributed by atoms with Crippen molar-refractivity contribution in [2.24, 2.45) is 17.3 Å². The molecule has 0 amide bonds. The van der Waals surface area contributed by atoms with Crippen molar-refractivity contribution in [3.63, 3.8) is 0 Å². The zero-order chi connectivity index (χ0) is 16.3. The maximum Gasteiger partial charge on any atom is 0.245 e. The lowest BCUT2D eigenvalue weighted by atomic mass is 9.55. The molecule has 0 heterocycles. The van der Waals surface area contributed by atoms with E-state index in [0.29, 0.717) is 11.8 Å². The number of allylic oxidation sites excluding steroid dienone is 2. The van der Waals surface area contributed by atoms with Gasteiger partial charge in [0.05, 0.1) is 0 Å². The monoisotopic (exact) mass is 300 g/mol. The molecule has 2 heteroatoms. The Bertz CT molecular complexity index is 358. The van der Waals surface area contributed by atoms with Crippen LogP contribution in [0.25, 0.3) is 0 Å². The SMILES string of the molecule is CC/C(C)=C(\CC)CC(C)C(C)C1(CC(C)(F)F)CCC1. The fourth-order valence-corrected chi connectivity index (χ4v) is 4.08. The quantitative estimate of drug-likeness (QED) is 0.423. The summed E-state index contributed by atoms with van der Waals surface area (Å²) in [7, 11) is 0. The first-order valence-corrected chi connectivity index (χ1v) is 8.70. The number of hydrogen-bond acceptors (Lipinski definition) is 0. The molecule has 0 aliphatic heterocycles. The van der Waals surface area contributed by atoms with E-state index in [4.69, 9.17) is 0 Å². The Hall–Kier alpha value is -0.400. The molecule has 1 rings (SSSR count). The molecule has 0 nitrogen and oxygen atoms in total. The highest BCUT2D eigenvalue weighted by Gasteiger charge is 2.48. The van der Waals surface area contributed by atoms with Gasteiger partial charge in [0.2, 0.25) is 5.92 Å². The van der Waals surface area contributed by atoms with Crippen LogP contribution in [0.4, 0.5) is 8.78 Å². The molecular formula is C19H34F2. The van der Waals surface area contributed by atoms with E-state index in [2.05, 4.69) is 34.6 Å². The number of hydrogen-bond donors (Lipinski definition) is 0. The topological polar surface area (TPSA) is 0 Å². The van der Waals surface area contributed by atoms with Crippen molar-refractivity contribution in [3.05, 3.63) is 11.1 Å². The van der Waals surface area contributed by atoms with Crippen LogP contribution in [0.1, 0.15) is 86.5 Å². The van der Waals surface area contributed by atoms with Gasteiger partial charge in [-0.2, -0.15) is 0 Å². The van der Waals surface area contributed by atoms with Crippen molar-refractivity contribution < 1.29 is 8.78 Å². The Balaban J connectivity index is 2.79. The molecule has 1 aliphatic carbocycles. The molecule has 0 aromatic rings. The first-order valence-electron chi connectivity index (χ1n) is 8.70. The molecule has 0 saturated heterocycles.